The minimum absolute atomic E-state index is 0.115. The third kappa shape index (κ3) is 4.03. The lowest BCUT2D eigenvalue weighted by molar-refractivity contribution is 0.213. The minimum atomic E-state index is -0.644. The molecule has 1 saturated heterocycles. The van der Waals surface area contributed by atoms with E-state index in [0.717, 1.165) is 24.8 Å². The lowest BCUT2D eigenvalue weighted by atomic mass is 10.00. The first-order valence-electron chi connectivity index (χ1n) is 9.06. The number of hydrogen-bond acceptors (Lipinski definition) is 1. The van der Waals surface area contributed by atoms with E-state index in [2.05, 4.69) is 12.2 Å². The number of anilines is 1. The van der Waals surface area contributed by atoms with Crippen LogP contribution in [0.4, 0.5) is 19.3 Å². The van der Waals surface area contributed by atoms with Gasteiger partial charge in [-0.2, -0.15) is 0 Å². The maximum Gasteiger partial charge on any atom is 0.321 e. The van der Waals surface area contributed by atoms with Crippen molar-refractivity contribution in [2.75, 3.05) is 18.4 Å². The molecule has 1 heterocycles. The first kappa shape index (κ1) is 18.4. The first-order valence-corrected chi connectivity index (χ1v) is 9.06. The highest BCUT2D eigenvalue weighted by molar-refractivity contribution is 5.94. The van der Waals surface area contributed by atoms with Crippen molar-refractivity contribution in [3.05, 3.63) is 53.6 Å². The van der Waals surface area contributed by atoms with Gasteiger partial charge in [-0.15, -0.1) is 0 Å². The molecule has 5 heteroatoms. The molecular formula is C21H24F2N2O. The second-order valence-corrected chi connectivity index (χ2v) is 7.10. The van der Waals surface area contributed by atoms with E-state index in [1.54, 1.807) is 17.0 Å². The van der Waals surface area contributed by atoms with Crippen LogP contribution in [0.2, 0.25) is 0 Å². The van der Waals surface area contributed by atoms with Crippen LogP contribution in [0, 0.1) is 24.5 Å². The van der Waals surface area contributed by atoms with E-state index >= 15 is 0 Å². The van der Waals surface area contributed by atoms with Crippen LogP contribution in [0.3, 0.4) is 0 Å². The number of benzene rings is 2. The second-order valence-electron chi connectivity index (χ2n) is 7.10. The van der Waals surface area contributed by atoms with Crippen LogP contribution in [-0.4, -0.2) is 24.0 Å². The Morgan fingerprint density at radius 2 is 1.85 bits per heavy atom. The maximum absolute atomic E-state index is 14.3. The van der Waals surface area contributed by atoms with Gasteiger partial charge < -0.3 is 10.2 Å². The third-order valence-electron chi connectivity index (χ3n) is 4.95. The molecule has 0 aromatic heterocycles. The Morgan fingerprint density at radius 1 is 1.12 bits per heavy atom. The van der Waals surface area contributed by atoms with Crippen molar-refractivity contribution in [3.8, 4) is 11.1 Å². The SMILES string of the molecule is Cc1ccc(NC(=O)N2CCC[C@H](C)CC2)c(-c2c(F)cccc2F)c1. The normalized spacial score (nSPS) is 17.7. The van der Waals surface area contributed by atoms with Crippen LogP contribution in [0.5, 0.6) is 0 Å². The summed E-state index contributed by atoms with van der Waals surface area (Å²) in [6.07, 6.45) is 3.05. The highest BCUT2D eigenvalue weighted by Gasteiger charge is 2.21. The summed E-state index contributed by atoms with van der Waals surface area (Å²) in [7, 11) is 0. The number of urea groups is 1. The predicted octanol–water partition coefficient (Wildman–Crippen LogP) is 5.59. The number of nitrogens with one attached hydrogen (secondary N) is 1. The smallest absolute Gasteiger partial charge is 0.321 e. The quantitative estimate of drug-likeness (QED) is 0.745. The molecule has 1 aliphatic heterocycles. The Labute approximate surface area is 153 Å². The molecule has 1 N–H and O–H groups in total. The number of nitrogens with zero attached hydrogens (tertiary/aromatic N) is 1. The zero-order valence-corrected chi connectivity index (χ0v) is 15.2. The average Bonchev–Trinajstić information content (AvgIpc) is 2.81. The van der Waals surface area contributed by atoms with Crippen LogP contribution < -0.4 is 5.32 Å². The number of aryl methyl sites for hydroxylation is 1. The fourth-order valence-electron chi connectivity index (χ4n) is 3.39. The summed E-state index contributed by atoms with van der Waals surface area (Å²) in [5, 5.41) is 2.86. The van der Waals surface area contributed by atoms with Gasteiger partial charge in [-0.25, -0.2) is 13.6 Å². The van der Waals surface area contributed by atoms with Gasteiger partial charge in [0.1, 0.15) is 11.6 Å². The molecule has 0 radical (unpaired) electrons. The second kappa shape index (κ2) is 7.85. The lowest BCUT2D eigenvalue weighted by Crippen LogP contribution is -2.35. The summed E-state index contributed by atoms with van der Waals surface area (Å²) in [5.74, 6) is -0.681. The van der Waals surface area contributed by atoms with Crippen LogP contribution >= 0.6 is 0 Å². The van der Waals surface area contributed by atoms with Crippen molar-refractivity contribution in [1.29, 1.82) is 0 Å². The van der Waals surface area contributed by atoms with E-state index in [9.17, 15) is 13.6 Å². The average molecular weight is 358 g/mol. The number of amides is 2. The van der Waals surface area contributed by atoms with Gasteiger partial charge in [-0.1, -0.05) is 24.6 Å². The Kier molecular flexibility index (Phi) is 5.55. The molecule has 0 unspecified atom stereocenters. The number of hydrogen-bond donors (Lipinski definition) is 1. The number of carbonyl (C=O) groups is 1. The molecule has 3 nitrogen and oxygen atoms in total. The topological polar surface area (TPSA) is 32.3 Å². The molecule has 1 aliphatic rings. The molecular weight excluding hydrogens is 334 g/mol. The maximum atomic E-state index is 14.3. The van der Waals surface area contributed by atoms with Crippen molar-refractivity contribution >= 4 is 11.7 Å². The third-order valence-corrected chi connectivity index (χ3v) is 4.95. The molecule has 2 aromatic carbocycles. The Balaban J connectivity index is 1.90. The molecule has 1 fully saturated rings. The molecule has 0 spiro atoms. The van der Waals surface area contributed by atoms with E-state index in [1.807, 2.05) is 13.0 Å². The van der Waals surface area contributed by atoms with Gasteiger partial charge in [-0.3, -0.25) is 0 Å². The Morgan fingerprint density at radius 3 is 2.58 bits per heavy atom. The number of halogens is 2. The molecule has 26 heavy (non-hydrogen) atoms. The van der Waals surface area contributed by atoms with Gasteiger partial charge in [0.2, 0.25) is 0 Å². The molecule has 3 rings (SSSR count). The summed E-state index contributed by atoms with van der Waals surface area (Å²) < 4.78 is 28.5. The summed E-state index contributed by atoms with van der Waals surface area (Å²) in [4.78, 5) is 14.5. The van der Waals surface area contributed by atoms with Crippen molar-refractivity contribution in [2.24, 2.45) is 5.92 Å². The first-order chi connectivity index (χ1) is 12.5. The van der Waals surface area contributed by atoms with Gasteiger partial charge in [0.15, 0.2) is 0 Å². The molecule has 2 amide bonds. The molecule has 0 bridgehead atoms. The highest BCUT2D eigenvalue weighted by Crippen LogP contribution is 2.33. The van der Waals surface area contributed by atoms with Gasteiger partial charge in [0, 0.05) is 18.7 Å². The standard InChI is InChI=1S/C21H24F2N2O/c1-14-5-4-11-25(12-10-14)21(26)24-19-9-8-15(2)13-16(19)20-17(22)6-3-7-18(20)23/h3,6-9,13-14H,4-5,10-12H2,1-2H3,(H,24,26)/t14-/m0/s1. The van der Waals surface area contributed by atoms with E-state index in [1.165, 1.54) is 18.2 Å². The Hall–Kier alpha value is -2.43. The van der Waals surface area contributed by atoms with E-state index < -0.39 is 11.6 Å². The number of carbonyl (C=O) groups excluding carboxylic acids is 1. The van der Waals surface area contributed by atoms with Crippen molar-refractivity contribution in [3.63, 3.8) is 0 Å². The van der Waals surface area contributed by atoms with E-state index in [-0.39, 0.29) is 11.6 Å². The summed E-state index contributed by atoms with van der Waals surface area (Å²) in [6.45, 7) is 5.44. The Bertz CT molecular complexity index is 786. The molecule has 138 valence electrons. The summed E-state index contributed by atoms with van der Waals surface area (Å²) >= 11 is 0. The largest absolute Gasteiger partial charge is 0.325 e. The fourth-order valence-corrected chi connectivity index (χ4v) is 3.39. The van der Waals surface area contributed by atoms with Crippen LogP contribution in [0.15, 0.2) is 36.4 Å². The number of rotatable bonds is 2. The van der Waals surface area contributed by atoms with Crippen molar-refractivity contribution < 1.29 is 13.6 Å². The molecule has 2 aromatic rings. The lowest BCUT2D eigenvalue weighted by Gasteiger charge is -2.22. The predicted molar refractivity (Wildman–Crippen MR) is 100 cm³/mol. The van der Waals surface area contributed by atoms with Crippen LogP contribution in [-0.2, 0) is 0 Å². The molecule has 1 atom stereocenters. The summed E-state index contributed by atoms with van der Waals surface area (Å²) in [5.41, 5.74) is 1.53. The zero-order valence-electron chi connectivity index (χ0n) is 15.2. The number of likely N-dealkylation sites (tertiary alicyclic amines) is 1. The van der Waals surface area contributed by atoms with E-state index in [0.29, 0.717) is 30.3 Å². The highest BCUT2D eigenvalue weighted by atomic mass is 19.1. The van der Waals surface area contributed by atoms with E-state index in [4.69, 9.17) is 0 Å². The molecule has 0 saturated carbocycles. The van der Waals surface area contributed by atoms with Gasteiger partial charge in [0.25, 0.3) is 0 Å². The fraction of sp³-hybridized carbons (Fsp3) is 0.381. The van der Waals surface area contributed by atoms with Crippen molar-refractivity contribution in [1.82, 2.24) is 4.90 Å². The van der Waals surface area contributed by atoms with Gasteiger partial charge in [0.05, 0.1) is 11.3 Å². The monoisotopic (exact) mass is 358 g/mol. The van der Waals surface area contributed by atoms with Crippen molar-refractivity contribution in [2.45, 2.75) is 33.1 Å². The van der Waals surface area contributed by atoms with Crippen LogP contribution in [0.1, 0.15) is 31.7 Å². The van der Waals surface area contributed by atoms with Crippen LogP contribution in [0.25, 0.3) is 11.1 Å². The minimum Gasteiger partial charge on any atom is -0.325 e. The van der Waals surface area contributed by atoms with Gasteiger partial charge >= 0.3 is 6.03 Å². The summed E-state index contributed by atoms with van der Waals surface area (Å²) in [6, 6.07) is 8.78. The van der Waals surface area contributed by atoms with Gasteiger partial charge in [-0.05, 0) is 56.4 Å². The zero-order chi connectivity index (χ0) is 18.7. The molecule has 0 aliphatic carbocycles.